The van der Waals surface area contributed by atoms with Crippen LogP contribution < -0.4 is 9.47 Å². The van der Waals surface area contributed by atoms with Crippen LogP contribution in [-0.4, -0.2) is 17.9 Å². The van der Waals surface area contributed by atoms with Gasteiger partial charge in [0, 0.05) is 0 Å². The fourth-order valence-corrected chi connectivity index (χ4v) is 3.37. The number of fused-ring (bicyclic) bond motifs is 1. The van der Waals surface area contributed by atoms with Crippen LogP contribution in [0.2, 0.25) is 0 Å². The molecule has 1 unspecified atom stereocenters. The van der Waals surface area contributed by atoms with Crippen molar-refractivity contribution < 1.29 is 19.4 Å². The van der Waals surface area contributed by atoms with Gasteiger partial charge in [0.2, 0.25) is 6.79 Å². The molecule has 0 radical (unpaired) electrons. The molecule has 4 heteroatoms. The minimum atomic E-state index is -0.726. The Morgan fingerprint density at radius 3 is 2.50 bits per heavy atom. The van der Waals surface area contributed by atoms with Crippen LogP contribution in [0.1, 0.15) is 50.0 Å². The number of hydrogen-bond donors (Lipinski definition) is 1. The zero-order valence-corrected chi connectivity index (χ0v) is 11.5. The van der Waals surface area contributed by atoms with E-state index in [1.165, 1.54) is 12.8 Å². The first kappa shape index (κ1) is 13.3. The van der Waals surface area contributed by atoms with Gasteiger partial charge in [0.25, 0.3) is 0 Å². The number of hydrogen-bond acceptors (Lipinski definition) is 3. The van der Waals surface area contributed by atoms with Crippen molar-refractivity contribution in [1.29, 1.82) is 0 Å². The summed E-state index contributed by atoms with van der Waals surface area (Å²) in [5.74, 6) is 0.454. The van der Waals surface area contributed by atoms with Crippen molar-refractivity contribution in [3.8, 4) is 11.5 Å². The second-order valence-corrected chi connectivity index (χ2v) is 5.68. The number of carboxylic acids is 1. The third-order valence-corrected chi connectivity index (χ3v) is 4.39. The molecule has 3 rings (SSSR count). The molecule has 1 N–H and O–H groups in total. The summed E-state index contributed by atoms with van der Waals surface area (Å²) in [5, 5.41) is 9.65. The van der Waals surface area contributed by atoms with Crippen LogP contribution in [0.4, 0.5) is 0 Å². The number of ether oxygens (including phenoxy) is 2. The zero-order chi connectivity index (χ0) is 13.9. The normalized spacial score (nSPS) is 20.4. The highest BCUT2D eigenvalue weighted by atomic mass is 16.7. The van der Waals surface area contributed by atoms with Gasteiger partial charge in [0.05, 0.1) is 5.92 Å². The van der Waals surface area contributed by atoms with E-state index in [1.54, 1.807) is 0 Å². The summed E-state index contributed by atoms with van der Waals surface area (Å²) in [5.41, 5.74) is 0.841. The van der Waals surface area contributed by atoms with E-state index in [9.17, 15) is 9.90 Å². The molecule has 0 saturated heterocycles. The van der Waals surface area contributed by atoms with Gasteiger partial charge in [-0.3, -0.25) is 4.79 Å². The molecule has 108 valence electrons. The van der Waals surface area contributed by atoms with Crippen molar-refractivity contribution >= 4 is 5.97 Å². The largest absolute Gasteiger partial charge is 0.481 e. The van der Waals surface area contributed by atoms with Gasteiger partial charge in [-0.15, -0.1) is 0 Å². The molecular weight excluding hydrogens is 256 g/mol. The zero-order valence-electron chi connectivity index (χ0n) is 11.5. The Balaban J connectivity index is 1.87. The van der Waals surface area contributed by atoms with Crippen LogP contribution >= 0.6 is 0 Å². The van der Waals surface area contributed by atoms with Crippen LogP contribution in [0, 0.1) is 5.92 Å². The van der Waals surface area contributed by atoms with Crippen LogP contribution in [0.3, 0.4) is 0 Å². The molecule has 0 aromatic heterocycles. The molecule has 1 aromatic rings. The van der Waals surface area contributed by atoms with Gasteiger partial charge in [-0.1, -0.05) is 31.7 Å². The second kappa shape index (κ2) is 5.73. The van der Waals surface area contributed by atoms with E-state index in [4.69, 9.17) is 9.47 Å². The molecule has 1 aliphatic heterocycles. The van der Waals surface area contributed by atoms with Gasteiger partial charge >= 0.3 is 5.97 Å². The Bertz CT molecular complexity index is 489. The molecule has 0 spiro atoms. The number of carboxylic acid groups (broad SMARTS) is 1. The summed E-state index contributed by atoms with van der Waals surface area (Å²) >= 11 is 0. The summed E-state index contributed by atoms with van der Waals surface area (Å²) < 4.78 is 10.7. The Morgan fingerprint density at radius 2 is 1.80 bits per heavy atom. The predicted octanol–water partition coefficient (Wildman–Crippen LogP) is 3.55. The third kappa shape index (κ3) is 2.60. The Labute approximate surface area is 118 Å². The lowest BCUT2D eigenvalue weighted by molar-refractivity contribution is -0.140. The Morgan fingerprint density at radius 1 is 1.10 bits per heavy atom. The lowest BCUT2D eigenvalue weighted by atomic mass is 9.81. The van der Waals surface area contributed by atoms with Crippen LogP contribution in [0.25, 0.3) is 0 Å². The molecule has 1 fully saturated rings. The lowest BCUT2D eigenvalue weighted by Gasteiger charge is -2.23. The highest BCUT2D eigenvalue weighted by molar-refractivity contribution is 5.77. The topological polar surface area (TPSA) is 55.8 Å². The van der Waals surface area contributed by atoms with Gasteiger partial charge in [0.1, 0.15) is 0 Å². The summed E-state index contributed by atoms with van der Waals surface area (Å²) in [4.78, 5) is 11.7. The number of benzene rings is 1. The Hall–Kier alpha value is -1.71. The van der Waals surface area contributed by atoms with Crippen molar-refractivity contribution in [3.63, 3.8) is 0 Å². The minimum Gasteiger partial charge on any atom is -0.481 e. The summed E-state index contributed by atoms with van der Waals surface area (Å²) in [6.07, 6.45) is 6.74. The summed E-state index contributed by atoms with van der Waals surface area (Å²) in [7, 11) is 0. The fraction of sp³-hybridized carbons (Fsp3) is 0.562. The van der Waals surface area contributed by atoms with E-state index in [0.717, 1.165) is 31.2 Å². The maximum Gasteiger partial charge on any atom is 0.311 e. The van der Waals surface area contributed by atoms with Crippen molar-refractivity contribution in [2.75, 3.05) is 6.79 Å². The van der Waals surface area contributed by atoms with Gasteiger partial charge in [-0.2, -0.15) is 0 Å². The molecule has 20 heavy (non-hydrogen) atoms. The van der Waals surface area contributed by atoms with Gasteiger partial charge in [-0.05, 0) is 36.5 Å². The lowest BCUT2D eigenvalue weighted by Crippen LogP contribution is -2.21. The maximum absolute atomic E-state index is 11.7. The second-order valence-electron chi connectivity index (χ2n) is 5.68. The fourth-order valence-electron chi connectivity index (χ4n) is 3.37. The standard InChI is InChI=1S/C16H20O4/c17-16(18)15(11-5-3-1-2-4-6-11)12-7-8-13-14(9-12)20-10-19-13/h7-9,11,15H,1-6,10H2,(H,17,18). The minimum absolute atomic E-state index is 0.222. The first-order valence-electron chi connectivity index (χ1n) is 7.38. The molecule has 1 saturated carbocycles. The monoisotopic (exact) mass is 276 g/mol. The van der Waals surface area contributed by atoms with Crippen LogP contribution in [0.15, 0.2) is 18.2 Å². The predicted molar refractivity (Wildman–Crippen MR) is 74.1 cm³/mol. The molecular formula is C16H20O4. The average molecular weight is 276 g/mol. The van der Waals surface area contributed by atoms with Crippen molar-refractivity contribution in [2.24, 2.45) is 5.92 Å². The highest BCUT2D eigenvalue weighted by Gasteiger charge is 2.31. The number of aliphatic carboxylic acids is 1. The van der Waals surface area contributed by atoms with Crippen LogP contribution in [0.5, 0.6) is 11.5 Å². The number of rotatable bonds is 3. The van der Waals surface area contributed by atoms with E-state index in [2.05, 4.69) is 0 Å². The SMILES string of the molecule is O=C(O)C(c1ccc2c(c1)OCO2)C1CCCCCC1. The summed E-state index contributed by atoms with van der Waals surface area (Å²) in [6, 6.07) is 5.54. The first-order chi connectivity index (χ1) is 9.75. The molecule has 1 atom stereocenters. The van der Waals surface area contributed by atoms with Gasteiger partial charge in [-0.25, -0.2) is 0 Å². The molecule has 0 bridgehead atoms. The van der Waals surface area contributed by atoms with Crippen molar-refractivity contribution in [2.45, 2.75) is 44.4 Å². The molecule has 0 amide bonds. The molecule has 2 aliphatic rings. The van der Waals surface area contributed by atoms with E-state index >= 15 is 0 Å². The molecule has 1 aliphatic carbocycles. The van der Waals surface area contributed by atoms with Crippen molar-refractivity contribution in [3.05, 3.63) is 23.8 Å². The quantitative estimate of drug-likeness (QED) is 0.858. The molecule has 1 aromatic carbocycles. The first-order valence-corrected chi connectivity index (χ1v) is 7.38. The van der Waals surface area contributed by atoms with Gasteiger partial charge in [0.15, 0.2) is 11.5 Å². The molecule has 1 heterocycles. The van der Waals surface area contributed by atoms with Crippen molar-refractivity contribution in [1.82, 2.24) is 0 Å². The highest BCUT2D eigenvalue weighted by Crippen LogP contribution is 2.40. The molecule has 4 nitrogen and oxygen atoms in total. The van der Waals surface area contributed by atoms with Gasteiger partial charge < -0.3 is 14.6 Å². The maximum atomic E-state index is 11.7. The van der Waals surface area contributed by atoms with E-state index in [-0.39, 0.29) is 12.7 Å². The number of carbonyl (C=O) groups is 1. The average Bonchev–Trinajstić information content (AvgIpc) is 2.73. The Kier molecular flexibility index (Phi) is 3.81. The van der Waals surface area contributed by atoms with Crippen LogP contribution in [-0.2, 0) is 4.79 Å². The smallest absolute Gasteiger partial charge is 0.311 e. The summed E-state index contributed by atoms with van der Waals surface area (Å²) in [6.45, 7) is 0.222. The van der Waals surface area contributed by atoms with E-state index in [0.29, 0.717) is 11.5 Å². The van der Waals surface area contributed by atoms with E-state index < -0.39 is 11.9 Å². The third-order valence-electron chi connectivity index (χ3n) is 4.39. The van der Waals surface area contributed by atoms with E-state index in [1.807, 2.05) is 18.2 Å².